The zero-order valence-corrected chi connectivity index (χ0v) is 26.2. The van der Waals surface area contributed by atoms with Crippen LogP contribution in [0.1, 0.15) is 0 Å². The van der Waals surface area contributed by atoms with Gasteiger partial charge in [-0.2, -0.15) is 0 Å². The Kier molecular flexibility index (Phi) is 6.23. The number of fused-ring (bicyclic) bond motifs is 5. The Morgan fingerprint density at radius 2 is 0.778 bits per heavy atom. The van der Waals surface area contributed by atoms with E-state index < -0.39 is 0 Å². The summed E-state index contributed by atoms with van der Waals surface area (Å²) in [6.07, 6.45) is 1.96. The summed E-state index contributed by atoms with van der Waals surface area (Å²) in [7, 11) is 0. The van der Waals surface area contributed by atoms with Crippen molar-refractivity contribution in [3.63, 3.8) is 0 Å². The molecule has 0 unspecified atom stereocenters. The minimum atomic E-state index is 0.260. The van der Waals surface area contributed by atoms with Gasteiger partial charge in [-0.3, -0.25) is 0 Å². The molecule has 210 valence electrons. The summed E-state index contributed by atoms with van der Waals surface area (Å²) in [4.78, 5) is 4.89. The second kappa shape index (κ2) is 10.7. The van der Waals surface area contributed by atoms with E-state index in [2.05, 4.69) is 158 Å². The molecule has 0 aliphatic carbocycles. The number of hydrogen-bond acceptors (Lipinski definition) is 1. The van der Waals surface area contributed by atoms with Gasteiger partial charge < -0.3 is 0 Å². The first-order valence-electron chi connectivity index (χ1n) is 15.3. The van der Waals surface area contributed by atoms with Crippen LogP contribution in [0.25, 0.3) is 85.5 Å². The van der Waals surface area contributed by atoms with Crippen LogP contribution in [0.2, 0.25) is 0 Å². The predicted octanol–water partition coefficient (Wildman–Crippen LogP) is 11.4. The fourth-order valence-corrected chi connectivity index (χ4v) is 9.40. The van der Waals surface area contributed by atoms with E-state index in [0.717, 1.165) is 5.69 Å². The molecule has 0 aliphatic heterocycles. The summed E-state index contributed by atoms with van der Waals surface area (Å²) in [5, 5.41) is 7.77. The summed E-state index contributed by atoms with van der Waals surface area (Å²) in [5.74, 6) is 0. The van der Waals surface area contributed by atoms with Crippen molar-refractivity contribution in [2.45, 2.75) is 0 Å². The van der Waals surface area contributed by atoms with Crippen molar-refractivity contribution in [3.8, 4) is 44.6 Å². The van der Waals surface area contributed by atoms with E-state index in [0.29, 0.717) is 0 Å². The molecule has 0 saturated carbocycles. The number of pyridine rings is 1. The van der Waals surface area contributed by atoms with Gasteiger partial charge in [-0.25, -0.2) is 0 Å². The quantitative estimate of drug-likeness (QED) is 0.138. The standard InChI is InChI=1S/C43H27NSe/c1-2-10-28(11-3-1)29-18-20-30(21-19-29)40-34-13-4-6-15-36(34)41(37-16-7-5-14-35(37)40)31-22-24-32(25-23-31)42-43-38(26-27-44-42)33-12-8-9-17-39(33)45-43/h1-27H. The molecule has 0 N–H and O–H groups in total. The van der Waals surface area contributed by atoms with Crippen LogP contribution < -0.4 is 0 Å². The van der Waals surface area contributed by atoms with Crippen molar-refractivity contribution >= 4 is 55.3 Å². The van der Waals surface area contributed by atoms with Crippen LogP contribution in [0, 0.1) is 0 Å². The topological polar surface area (TPSA) is 12.9 Å². The van der Waals surface area contributed by atoms with Gasteiger partial charge in [0.15, 0.2) is 0 Å². The summed E-state index contributed by atoms with van der Waals surface area (Å²) >= 11 is 0.260. The molecule has 7 aromatic carbocycles. The average molecular weight is 637 g/mol. The van der Waals surface area contributed by atoms with Crippen molar-refractivity contribution in [1.29, 1.82) is 0 Å². The third-order valence-corrected chi connectivity index (χ3v) is 11.5. The summed E-state index contributed by atoms with van der Waals surface area (Å²) in [6.45, 7) is 0. The number of hydrogen-bond donors (Lipinski definition) is 0. The Balaban J connectivity index is 1.20. The molecule has 45 heavy (non-hydrogen) atoms. The van der Waals surface area contributed by atoms with Gasteiger partial charge in [0.05, 0.1) is 0 Å². The van der Waals surface area contributed by atoms with Gasteiger partial charge in [-0.15, -0.1) is 0 Å². The maximum atomic E-state index is 4.89. The van der Waals surface area contributed by atoms with Gasteiger partial charge in [0.1, 0.15) is 0 Å². The van der Waals surface area contributed by atoms with Gasteiger partial charge in [-0.1, -0.05) is 42.5 Å². The van der Waals surface area contributed by atoms with Crippen molar-refractivity contribution in [2.75, 3.05) is 0 Å². The first-order chi connectivity index (χ1) is 22.3. The number of rotatable bonds is 4. The monoisotopic (exact) mass is 637 g/mol. The van der Waals surface area contributed by atoms with Gasteiger partial charge in [0.25, 0.3) is 0 Å². The van der Waals surface area contributed by atoms with Crippen molar-refractivity contribution in [1.82, 2.24) is 4.98 Å². The molecule has 0 radical (unpaired) electrons. The van der Waals surface area contributed by atoms with Crippen LogP contribution in [-0.4, -0.2) is 19.5 Å². The van der Waals surface area contributed by atoms with E-state index in [9.17, 15) is 0 Å². The second-order valence-electron chi connectivity index (χ2n) is 11.5. The molecule has 9 rings (SSSR count). The Hall–Kier alpha value is -5.27. The fourth-order valence-electron chi connectivity index (χ4n) is 6.86. The molecule has 0 amide bonds. The molecule has 2 heteroatoms. The van der Waals surface area contributed by atoms with Crippen molar-refractivity contribution in [2.24, 2.45) is 0 Å². The number of benzene rings is 7. The molecule has 0 aliphatic rings. The average Bonchev–Trinajstić information content (AvgIpc) is 3.50. The van der Waals surface area contributed by atoms with E-state index in [4.69, 9.17) is 4.98 Å². The first kappa shape index (κ1) is 26.2. The molecule has 1 nitrogen and oxygen atoms in total. The number of aromatic nitrogens is 1. The van der Waals surface area contributed by atoms with E-state index in [-0.39, 0.29) is 14.5 Å². The third kappa shape index (κ3) is 4.34. The van der Waals surface area contributed by atoms with E-state index in [1.807, 2.05) is 6.20 Å². The van der Waals surface area contributed by atoms with Gasteiger partial charge in [-0.05, 0) is 11.1 Å². The molecular weight excluding hydrogens is 609 g/mol. The van der Waals surface area contributed by atoms with E-state index >= 15 is 0 Å². The van der Waals surface area contributed by atoms with Crippen LogP contribution in [0.3, 0.4) is 0 Å². The summed E-state index contributed by atoms with van der Waals surface area (Å²) in [5.41, 5.74) is 9.77. The summed E-state index contributed by atoms with van der Waals surface area (Å²) in [6, 6.07) is 57.4. The molecule has 2 heterocycles. The van der Waals surface area contributed by atoms with Crippen LogP contribution in [0.5, 0.6) is 0 Å². The maximum absolute atomic E-state index is 4.89. The number of nitrogens with zero attached hydrogens (tertiary/aromatic N) is 1. The Morgan fingerprint density at radius 3 is 1.36 bits per heavy atom. The van der Waals surface area contributed by atoms with Gasteiger partial charge >= 0.3 is 215 Å². The van der Waals surface area contributed by atoms with E-state index in [1.165, 1.54) is 79.8 Å². The molecule has 0 fully saturated rings. The first-order valence-corrected chi connectivity index (χ1v) is 17.0. The Bertz CT molecular complexity index is 2450. The SMILES string of the molecule is c1ccc(-c2ccc(-c3c4ccccc4c(-c4ccc(-c5nccc6c5[se]c5ccccc56)cc4)c4ccccc34)cc2)cc1. The smallest absolute Gasteiger partial charge is 0.0617 e. The zero-order chi connectivity index (χ0) is 29.7. The van der Waals surface area contributed by atoms with Crippen LogP contribution in [0.15, 0.2) is 164 Å². The molecule has 9 aromatic rings. The van der Waals surface area contributed by atoms with Crippen LogP contribution in [0.4, 0.5) is 0 Å². The Labute approximate surface area is 267 Å². The fraction of sp³-hybridized carbons (Fsp3) is 0. The second-order valence-corrected chi connectivity index (χ2v) is 13.7. The zero-order valence-electron chi connectivity index (χ0n) is 24.4. The molecule has 0 saturated heterocycles. The molecular formula is C43H27NSe. The van der Waals surface area contributed by atoms with Crippen molar-refractivity contribution in [3.05, 3.63) is 164 Å². The van der Waals surface area contributed by atoms with Gasteiger partial charge in [0, 0.05) is 0 Å². The molecule has 0 spiro atoms. The minimum Gasteiger partial charge on any atom is -0.0617 e. The molecule has 0 atom stereocenters. The van der Waals surface area contributed by atoms with Crippen LogP contribution in [-0.2, 0) is 0 Å². The summed E-state index contributed by atoms with van der Waals surface area (Å²) < 4.78 is 2.83. The minimum absolute atomic E-state index is 0.260. The molecule has 2 aromatic heterocycles. The van der Waals surface area contributed by atoms with Crippen LogP contribution >= 0.6 is 0 Å². The van der Waals surface area contributed by atoms with E-state index in [1.54, 1.807) is 0 Å². The predicted molar refractivity (Wildman–Crippen MR) is 193 cm³/mol. The van der Waals surface area contributed by atoms with Crippen molar-refractivity contribution < 1.29 is 0 Å². The van der Waals surface area contributed by atoms with Gasteiger partial charge in [0.2, 0.25) is 0 Å². The molecule has 0 bridgehead atoms. The third-order valence-electron chi connectivity index (χ3n) is 8.95. The normalized spacial score (nSPS) is 11.6. The Morgan fingerprint density at radius 1 is 0.333 bits per heavy atom.